The van der Waals surface area contributed by atoms with E-state index in [9.17, 15) is 0 Å². The van der Waals surface area contributed by atoms with Crippen LogP contribution in [0.15, 0.2) is 46.9 Å². The summed E-state index contributed by atoms with van der Waals surface area (Å²) in [7, 11) is 0. The van der Waals surface area contributed by atoms with Gasteiger partial charge in [-0.3, -0.25) is 0 Å². The summed E-state index contributed by atoms with van der Waals surface area (Å²) >= 11 is 3.57. The fraction of sp³-hybridized carbons (Fsp3) is 0.250. The SMILES string of the molecule is Cc1cc(C)cc(CNCc2ccccc2Br)c1. The van der Waals surface area contributed by atoms with Gasteiger partial charge in [-0.2, -0.15) is 0 Å². The number of benzene rings is 2. The van der Waals surface area contributed by atoms with Gasteiger partial charge in [0, 0.05) is 17.6 Å². The monoisotopic (exact) mass is 303 g/mol. The summed E-state index contributed by atoms with van der Waals surface area (Å²) in [6.45, 7) is 6.08. The lowest BCUT2D eigenvalue weighted by Gasteiger charge is -2.08. The molecule has 0 aliphatic carbocycles. The van der Waals surface area contributed by atoms with Gasteiger partial charge in [0.05, 0.1) is 0 Å². The second-order valence-corrected chi connectivity index (χ2v) is 5.55. The number of hydrogen-bond donors (Lipinski definition) is 1. The van der Waals surface area contributed by atoms with Gasteiger partial charge in [-0.15, -0.1) is 0 Å². The Morgan fingerprint density at radius 3 is 2.28 bits per heavy atom. The predicted molar refractivity (Wildman–Crippen MR) is 80.6 cm³/mol. The molecule has 2 aromatic rings. The van der Waals surface area contributed by atoms with E-state index in [0.717, 1.165) is 17.6 Å². The number of rotatable bonds is 4. The van der Waals surface area contributed by atoms with Crippen molar-refractivity contribution >= 4 is 15.9 Å². The van der Waals surface area contributed by atoms with Gasteiger partial charge in [-0.1, -0.05) is 63.5 Å². The van der Waals surface area contributed by atoms with E-state index in [1.165, 1.54) is 22.3 Å². The van der Waals surface area contributed by atoms with Crippen LogP contribution in [0.2, 0.25) is 0 Å². The van der Waals surface area contributed by atoms with E-state index in [4.69, 9.17) is 0 Å². The highest BCUT2D eigenvalue weighted by Gasteiger charge is 1.99. The van der Waals surface area contributed by atoms with Crippen molar-refractivity contribution in [3.05, 3.63) is 69.2 Å². The van der Waals surface area contributed by atoms with E-state index in [1.54, 1.807) is 0 Å². The van der Waals surface area contributed by atoms with E-state index < -0.39 is 0 Å². The molecule has 0 saturated carbocycles. The molecule has 0 amide bonds. The van der Waals surface area contributed by atoms with Crippen molar-refractivity contribution in [3.8, 4) is 0 Å². The van der Waals surface area contributed by atoms with E-state index in [0.29, 0.717) is 0 Å². The van der Waals surface area contributed by atoms with Crippen LogP contribution >= 0.6 is 15.9 Å². The first-order chi connectivity index (χ1) is 8.65. The lowest BCUT2D eigenvalue weighted by atomic mass is 10.1. The molecule has 2 aromatic carbocycles. The van der Waals surface area contributed by atoms with Gasteiger partial charge in [-0.25, -0.2) is 0 Å². The molecule has 2 heteroatoms. The number of aryl methyl sites for hydroxylation is 2. The Bertz CT molecular complexity index is 514. The molecule has 1 N–H and O–H groups in total. The molecule has 0 bridgehead atoms. The highest BCUT2D eigenvalue weighted by Crippen LogP contribution is 2.15. The summed E-state index contributed by atoms with van der Waals surface area (Å²) in [5.74, 6) is 0. The van der Waals surface area contributed by atoms with Crippen molar-refractivity contribution in [1.82, 2.24) is 5.32 Å². The molecule has 2 rings (SSSR count). The van der Waals surface area contributed by atoms with Gasteiger partial charge >= 0.3 is 0 Å². The minimum absolute atomic E-state index is 0.883. The maximum Gasteiger partial charge on any atom is 0.0220 e. The molecular formula is C16H18BrN. The van der Waals surface area contributed by atoms with E-state index in [1.807, 2.05) is 6.07 Å². The lowest BCUT2D eigenvalue weighted by molar-refractivity contribution is 0.691. The molecule has 0 atom stereocenters. The quantitative estimate of drug-likeness (QED) is 0.885. The summed E-state index contributed by atoms with van der Waals surface area (Å²) in [5.41, 5.74) is 5.29. The predicted octanol–water partition coefficient (Wildman–Crippen LogP) is 4.36. The molecule has 0 aliphatic rings. The molecule has 0 unspecified atom stereocenters. The Morgan fingerprint density at radius 1 is 0.944 bits per heavy atom. The molecule has 0 spiro atoms. The van der Waals surface area contributed by atoms with Crippen LogP contribution in [0.4, 0.5) is 0 Å². The van der Waals surface area contributed by atoms with Crippen LogP contribution in [0.1, 0.15) is 22.3 Å². The first-order valence-electron chi connectivity index (χ1n) is 6.16. The van der Waals surface area contributed by atoms with Crippen LogP contribution in [0.25, 0.3) is 0 Å². The molecule has 0 saturated heterocycles. The Kier molecular flexibility index (Phi) is 4.56. The number of hydrogen-bond acceptors (Lipinski definition) is 1. The first kappa shape index (κ1) is 13.3. The highest BCUT2D eigenvalue weighted by molar-refractivity contribution is 9.10. The second kappa shape index (κ2) is 6.17. The molecular weight excluding hydrogens is 286 g/mol. The molecule has 0 fully saturated rings. The van der Waals surface area contributed by atoms with Crippen molar-refractivity contribution in [2.45, 2.75) is 26.9 Å². The third-order valence-corrected chi connectivity index (χ3v) is 3.66. The zero-order chi connectivity index (χ0) is 13.0. The van der Waals surface area contributed by atoms with Crippen LogP contribution in [-0.2, 0) is 13.1 Å². The largest absolute Gasteiger partial charge is 0.309 e. The average Bonchev–Trinajstić information content (AvgIpc) is 2.30. The van der Waals surface area contributed by atoms with Crippen LogP contribution in [0.5, 0.6) is 0 Å². The summed E-state index contributed by atoms with van der Waals surface area (Å²) in [5, 5.41) is 3.48. The number of nitrogens with one attached hydrogen (secondary N) is 1. The highest BCUT2D eigenvalue weighted by atomic mass is 79.9. The Morgan fingerprint density at radius 2 is 1.61 bits per heavy atom. The summed E-state index contributed by atoms with van der Waals surface area (Å²) in [6.07, 6.45) is 0. The zero-order valence-corrected chi connectivity index (χ0v) is 12.4. The smallest absolute Gasteiger partial charge is 0.0220 e. The van der Waals surface area contributed by atoms with Gasteiger partial charge in [-0.05, 0) is 31.0 Å². The molecule has 18 heavy (non-hydrogen) atoms. The Hall–Kier alpha value is -1.12. The molecule has 94 valence electrons. The maximum absolute atomic E-state index is 3.57. The fourth-order valence-corrected chi connectivity index (χ4v) is 2.58. The third kappa shape index (κ3) is 3.69. The number of halogens is 1. The molecule has 0 aliphatic heterocycles. The summed E-state index contributed by atoms with van der Waals surface area (Å²) in [6, 6.07) is 15.0. The molecule has 0 radical (unpaired) electrons. The van der Waals surface area contributed by atoms with Crippen molar-refractivity contribution in [1.29, 1.82) is 0 Å². The van der Waals surface area contributed by atoms with Gasteiger partial charge in [0.2, 0.25) is 0 Å². The minimum atomic E-state index is 0.883. The standard InChI is InChI=1S/C16H18BrN/c1-12-7-13(2)9-14(8-12)10-18-11-15-5-3-4-6-16(15)17/h3-9,18H,10-11H2,1-2H3. The van der Waals surface area contributed by atoms with Gasteiger partial charge in [0.25, 0.3) is 0 Å². The summed E-state index contributed by atoms with van der Waals surface area (Å²) in [4.78, 5) is 0. The van der Waals surface area contributed by atoms with Crippen molar-refractivity contribution in [2.24, 2.45) is 0 Å². The van der Waals surface area contributed by atoms with Gasteiger partial charge in [0.1, 0.15) is 0 Å². The van der Waals surface area contributed by atoms with Gasteiger partial charge in [0.15, 0.2) is 0 Å². The summed E-state index contributed by atoms with van der Waals surface area (Å²) < 4.78 is 1.16. The fourth-order valence-electron chi connectivity index (χ4n) is 2.15. The van der Waals surface area contributed by atoms with Crippen LogP contribution in [-0.4, -0.2) is 0 Å². The normalized spacial score (nSPS) is 10.6. The maximum atomic E-state index is 3.57. The van der Waals surface area contributed by atoms with Crippen LogP contribution in [0, 0.1) is 13.8 Å². The Balaban J connectivity index is 1.94. The Labute approximate surface area is 117 Å². The second-order valence-electron chi connectivity index (χ2n) is 4.69. The average molecular weight is 304 g/mol. The molecule has 0 heterocycles. The van der Waals surface area contributed by atoms with Crippen LogP contribution < -0.4 is 5.32 Å². The van der Waals surface area contributed by atoms with E-state index >= 15 is 0 Å². The van der Waals surface area contributed by atoms with Gasteiger partial charge < -0.3 is 5.32 Å². The van der Waals surface area contributed by atoms with Crippen molar-refractivity contribution in [2.75, 3.05) is 0 Å². The minimum Gasteiger partial charge on any atom is -0.309 e. The first-order valence-corrected chi connectivity index (χ1v) is 6.96. The van der Waals surface area contributed by atoms with E-state index in [2.05, 4.69) is 71.5 Å². The lowest BCUT2D eigenvalue weighted by Crippen LogP contribution is -2.13. The third-order valence-electron chi connectivity index (χ3n) is 2.88. The molecule has 0 aromatic heterocycles. The topological polar surface area (TPSA) is 12.0 Å². The van der Waals surface area contributed by atoms with Crippen molar-refractivity contribution < 1.29 is 0 Å². The van der Waals surface area contributed by atoms with Crippen LogP contribution in [0.3, 0.4) is 0 Å². The molecule has 1 nitrogen and oxygen atoms in total. The van der Waals surface area contributed by atoms with E-state index in [-0.39, 0.29) is 0 Å². The zero-order valence-electron chi connectivity index (χ0n) is 10.8. The van der Waals surface area contributed by atoms with Crippen molar-refractivity contribution in [3.63, 3.8) is 0 Å².